The third kappa shape index (κ3) is 5.22. The van der Waals surface area contributed by atoms with Crippen LogP contribution in [0.15, 0.2) is 18.2 Å². The van der Waals surface area contributed by atoms with Crippen LogP contribution in [-0.2, 0) is 0 Å². The van der Waals surface area contributed by atoms with Gasteiger partial charge in [-0.1, -0.05) is 12.5 Å². The van der Waals surface area contributed by atoms with Gasteiger partial charge in [-0.15, -0.1) is 0 Å². The van der Waals surface area contributed by atoms with E-state index in [-0.39, 0.29) is 0 Å². The van der Waals surface area contributed by atoms with Crippen molar-refractivity contribution in [3.63, 3.8) is 0 Å². The highest BCUT2D eigenvalue weighted by atomic mass is 15.1. The highest BCUT2D eigenvalue weighted by Crippen LogP contribution is 2.18. The van der Waals surface area contributed by atoms with Gasteiger partial charge in [0.25, 0.3) is 0 Å². The van der Waals surface area contributed by atoms with Crippen molar-refractivity contribution >= 4 is 5.69 Å². The summed E-state index contributed by atoms with van der Waals surface area (Å²) in [5.41, 5.74) is 9.74. The lowest BCUT2D eigenvalue weighted by Gasteiger charge is -2.20. The summed E-state index contributed by atoms with van der Waals surface area (Å²) in [4.78, 5) is 2.33. The number of hydrogen-bond donors (Lipinski definition) is 1. The summed E-state index contributed by atoms with van der Waals surface area (Å²) < 4.78 is 0. The zero-order valence-electron chi connectivity index (χ0n) is 11.7. The Kier molecular flexibility index (Phi) is 5.49. The molecule has 1 atom stereocenters. The number of unbranched alkanes of at least 4 members (excludes halogenated alkanes) is 1. The molecule has 0 radical (unpaired) electrons. The van der Waals surface area contributed by atoms with Gasteiger partial charge in [-0.05, 0) is 56.9 Å². The van der Waals surface area contributed by atoms with Crippen molar-refractivity contribution in [3.8, 4) is 0 Å². The molecule has 17 heavy (non-hydrogen) atoms. The molecule has 1 aromatic rings. The first-order valence-corrected chi connectivity index (χ1v) is 6.54. The van der Waals surface area contributed by atoms with E-state index in [0.717, 1.165) is 13.0 Å². The number of hydrogen-bond acceptors (Lipinski definition) is 2. The minimum Gasteiger partial charge on any atom is -0.375 e. The largest absolute Gasteiger partial charge is 0.375 e. The van der Waals surface area contributed by atoms with E-state index in [1.54, 1.807) is 0 Å². The number of anilines is 1. The fourth-order valence-corrected chi connectivity index (χ4v) is 2.12. The average Bonchev–Trinajstić information content (AvgIpc) is 2.22. The lowest BCUT2D eigenvalue weighted by molar-refractivity contribution is 0.596. The van der Waals surface area contributed by atoms with Crippen LogP contribution >= 0.6 is 0 Å². The summed E-state index contributed by atoms with van der Waals surface area (Å²) in [5, 5.41) is 0. The van der Waals surface area contributed by atoms with E-state index in [9.17, 15) is 0 Å². The molecule has 2 N–H and O–H groups in total. The van der Waals surface area contributed by atoms with Gasteiger partial charge >= 0.3 is 0 Å². The second-order valence-corrected chi connectivity index (χ2v) is 5.24. The van der Waals surface area contributed by atoms with Crippen LogP contribution in [0.2, 0.25) is 0 Å². The molecule has 0 amide bonds. The van der Waals surface area contributed by atoms with Gasteiger partial charge in [-0.2, -0.15) is 0 Å². The van der Waals surface area contributed by atoms with Gasteiger partial charge in [-0.3, -0.25) is 0 Å². The molecule has 0 fully saturated rings. The fraction of sp³-hybridized carbons (Fsp3) is 0.600. The molecular formula is C15H26N2. The summed E-state index contributed by atoms with van der Waals surface area (Å²) >= 11 is 0. The zero-order valence-corrected chi connectivity index (χ0v) is 11.7. The molecule has 0 aliphatic heterocycles. The Hall–Kier alpha value is -1.02. The van der Waals surface area contributed by atoms with E-state index < -0.39 is 0 Å². The van der Waals surface area contributed by atoms with Crippen LogP contribution in [0.5, 0.6) is 0 Å². The Labute approximate surface area is 106 Å². The smallest absolute Gasteiger partial charge is 0.0368 e. The maximum Gasteiger partial charge on any atom is 0.0368 e. The lowest BCUT2D eigenvalue weighted by atomic mass is 10.1. The third-order valence-electron chi connectivity index (χ3n) is 3.05. The molecule has 2 nitrogen and oxygen atoms in total. The minimum atomic E-state index is 0.335. The van der Waals surface area contributed by atoms with Gasteiger partial charge in [-0.25, -0.2) is 0 Å². The van der Waals surface area contributed by atoms with E-state index in [2.05, 4.69) is 50.9 Å². The highest BCUT2D eigenvalue weighted by Gasteiger charge is 2.02. The number of aryl methyl sites for hydroxylation is 2. The second-order valence-electron chi connectivity index (χ2n) is 5.24. The predicted molar refractivity (Wildman–Crippen MR) is 76.7 cm³/mol. The molecule has 1 rings (SSSR count). The van der Waals surface area contributed by atoms with Crippen molar-refractivity contribution in [2.24, 2.45) is 5.73 Å². The maximum absolute atomic E-state index is 5.75. The zero-order chi connectivity index (χ0) is 12.8. The van der Waals surface area contributed by atoms with Gasteiger partial charge in [0.1, 0.15) is 0 Å². The topological polar surface area (TPSA) is 29.3 Å². The second kappa shape index (κ2) is 6.65. The Morgan fingerprint density at radius 1 is 1.12 bits per heavy atom. The molecule has 0 aliphatic rings. The van der Waals surface area contributed by atoms with Gasteiger partial charge < -0.3 is 10.6 Å². The Bertz CT molecular complexity index is 325. The Morgan fingerprint density at radius 2 is 1.71 bits per heavy atom. The van der Waals surface area contributed by atoms with Crippen molar-refractivity contribution in [3.05, 3.63) is 29.3 Å². The van der Waals surface area contributed by atoms with Crippen LogP contribution in [-0.4, -0.2) is 19.6 Å². The lowest BCUT2D eigenvalue weighted by Crippen LogP contribution is -2.20. The normalized spacial score (nSPS) is 12.5. The molecule has 0 saturated heterocycles. The van der Waals surface area contributed by atoms with E-state index in [4.69, 9.17) is 5.73 Å². The quantitative estimate of drug-likeness (QED) is 0.766. The summed E-state index contributed by atoms with van der Waals surface area (Å²) in [5.74, 6) is 0. The van der Waals surface area contributed by atoms with E-state index in [1.165, 1.54) is 29.7 Å². The molecule has 0 aliphatic carbocycles. The van der Waals surface area contributed by atoms with Crippen molar-refractivity contribution < 1.29 is 0 Å². The van der Waals surface area contributed by atoms with E-state index >= 15 is 0 Å². The van der Waals surface area contributed by atoms with Crippen LogP contribution < -0.4 is 10.6 Å². The first kappa shape index (κ1) is 14.0. The first-order valence-electron chi connectivity index (χ1n) is 6.54. The van der Waals surface area contributed by atoms with E-state index in [1.807, 2.05) is 0 Å². The molecule has 0 aromatic heterocycles. The van der Waals surface area contributed by atoms with E-state index in [0.29, 0.717) is 6.04 Å². The maximum atomic E-state index is 5.75. The van der Waals surface area contributed by atoms with Crippen LogP contribution in [0, 0.1) is 13.8 Å². The van der Waals surface area contributed by atoms with Crippen molar-refractivity contribution in [2.75, 3.05) is 18.5 Å². The Morgan fingerprint density at radius 3 is 2.24 bits per heavy atom. The number of nitrogens with two attached hydrogens (primary N) is 1. The molecular weight excluding hydrogens is 208 g/mol. The predicted octanol–water partition coefficient (Wildman–Crippen LogP) is 3.26. The summed E-state index contributed by atoms with van der Waals surface area (Å²) in [6, 6.07) is 7.05. The summed E-state index contributed by atoms with van der Waals surface area (Å²) in [6.45, 7) is 7.49. The van der Waals surface area contributed by atoms with Gasteiger partial charge in [0.2, 0.25) is 0 Å². The van der Waals surface area contributed by atoms with Crippen molar-refractivity contribution in [2.45, 2.75) is 46.1 Å². The molecule has 1 unspecified atom stereocenters. The first-order chi connectivity index (χ1) is 7.99. The molecule has 0 heterocycles. The molecule has 2 heteroatoms. The monoisotopic (exact) mass is 234 g/mol. The molecule has 1 aromatic carbocycles. The number of benzene rings is 1. The highest BCUT2D eigenvalue weighted by molar-refractivity contribution is 5.50. The third-order valence-corrected chi connectivity index (χ3v) is 3.05. The van der Waals surface area contributed by atoms with Gasteiger partial charge in [0, 0.05) is 25.3 Å². The van der Waals surface area contributed by atoms with Crippen LogP contribution in [0.25, 0.3) is 0 Å². The van der Waals surface area contributed by atoms with Crippen LogP contribution in [0.1, 0.15) is 37.3 Å². The molecule has 0 bridgehead atoms. The summed E-state index contributed by atoms with van der Waals surface area (Å²) in [7, 11) is 2.17. The molecule has 0 saturated carbocycles. The summed E-state index contributed by atoms with van der Waals surface area (Å²) in [6.07, 6.45) is 3.55. The number of nitrogens with zero attached hydrogens (tertiary/aromatic N) is 1. The van der Waals surface area contributed by atoms with Crippen LogP contribution in [0.3, 0.4) is 0 Å². The number of rotatable bonds is 6. The van der Waals surface area contributed by atoms with Crippen LogP contribution in [0.4, 0.5) is 5.69 Å². The van der Waals surface area contributed by atoms with Gasteiger partial charge in [0.15, 0.2) is 0 Å². The Balaban J connectivity index is 2.43. The average molecular weight is 234 g/mol. The van der Waals surface area contributed by atoms with Gasteiger partial charge in [0.05, 0.1) is 0 Å². The van der Waals surface area contributed by atoms with Crippen molar-refractivity contribution in [1.29, 1.82) is 0 Å². The SMILES string of the molecule is Cc1cc(C)cc(N(C)CCCCC(C)N)c1. The molecule has 96 valence electrons. The fourth-order valence-electron chi connectivity index (χ4n) is 2.12. The molecule has 0 spiro atoms. The van der Waals surface area contributed by atoms with Crippen molar-refractivity contribution in [1.82, 2.24) is 0 Å². The minimum absolute atomic E-state index is 0.335. The standard InChI is InChI=1S/C15H26N2/c1-12-9-13(2)11-15(10-12)17(4)8-6-5-7-14(3)16/h9-11,14H,5-8,16H2,1-4H3.